The van der Waals surface area contributed by atoms with E-state index >= 15 is 0 Å². The van der Waals surface area contributed by atoms with E-state index in [1.807, 2.05) is 6.07 Å². The zero-order valence-corrected chi connectivity index (χ0v) is 24.2. The van der Waals surface area contributed by atoms with Crippen LogP contribution in [0.2, 0.25) is 5.02 Å². The molecule has 8 nitrogen and oxygen atoms in total. The lowest BCUT2D eigenvalue weighted by Crippen LogP contribution is -2.53. The maximum atomic E-state index is 14.9. The first-order valence-corrected chi connectivity index (χ1v) is 13.8. The van der Waals surface area contributed by atoms with Crippen molar-refractivity contribution in [2.45, 2.75) is 39.7 Å². The van der Waals surface area contributed by atoms with Gasteiger partial charge in [0.15, 0.2) is 0 Å². The van der Waals surface area contributed by atoms with Crippen LogP contribution in [0.4, 0.5) is 10.1 Å². The van der Waals surface area contributed by atoms with Crippen molar-refractivity contribution in [3.8, 4) is 33.8 Å². The molecule has 1 fully saturated rings. The Balaban J connectivity index is 1.51. The Kier molecular flexibility index (Phi) is 7.46. The monoisotopic (exact) mass is 564 g/mol. The van der Waals surface area contributed by atoms with E-state index in [0.29, 0.717) is 16.8 Å². The van der Waals surface area contributed by atoms with Crippen LogP contribution in [0.1, 0.15) is 33.4 Å². The summed E-state index contributed by atoms with van der Waals surface area (Å²) in [6.45, 7) is 12.3. The molecule has 5 rings (SSSR count). The van der Waals surface area contributed by atoms with Crippen LogP contribution in [0.25, 0.3) is 28.1 Å². The molecule has 1 aliphatic heterocycles. The van der Waals surface area contributed by atoms with Gasteiger partial charge in [-0.05, 0) is 51.0 Å². The van der Waals surface area contributed by atoms with Crippen molar-refractivity contribution in [1.29, 1.82) is 0 Å². The molecule has 1 aromatic carbocycles. The summed E-state index contributed by atoms with van der Waals surface area (Å²) in [5.74, 6) is -0.904. The van der Waals surface area contributed by atoms with Crippen LogP contribution in [-0.4, -0.2) is 60.8 Å². The first kappa shape index (κ1) is 27.9. The molecule has 0 amide bonds. The molecule has 0 aliphatic carbocycles. The van der Waals surface area contributed by atoms with Gasteiger partial charge in [0.2, 0.25) is 5.95 Å². The third kappa shape index (κ3) is 5.23. The summed E-state index contributed by atoms with van der Waals surface area (Å²) < 4.78 is 17.8. The lowest BCUT2D eigenvalue weighted by molar-refractivity contribution is 0.128. The number of halogens is 2. The number of imidazole rings is 1. The minimum atomic E-state index is -0.734. The molecule has 4 aromatic rings. The molecular weight excluding hydrogens is 531 g/mol. The SMILES string of the molecule is CCc1ncc(-c2nc(F)cc(-c3ccc(-n4ccn(C)c4=O)c(Cl)c3)c2O)cc1N1CCN(C(C)(C)C)CC1. The number of nitrogens with zero attached hydrogens (tertiary/aromatic N) is 6. The number of anilines is 1. The Bertz CT molecular complexity index is 1620. The van der Waals surface area contributed by atoms with Crippen molar-refractivity contribution >= 4 is 17.3 Å². The van der Waals surface area contributed by atoms with Crippen LogP contribution in [0.3, 0.4) is 0 Å². The molecule has 0 unspecified atom stereocenters. The molecule has 0 atom stereocenters. The first-order valence-electron chi connectivity index (χ1n) is 13.4. The van der Waals surface area contributed by atoms with Gasteiger partial charge in [0.05, 0.1) is 22.1 Å². The van der Waals surface area contributed by atoms with E-state index < -0.39 is 5.95 Å². The Morgan fingerprint density at radius 3 is 2.35 bits per heavy atom. The van der Waals surface area contributed by atoms with Gasteiger partial charge < -0.3 is 14.6 Å². The average molecular weight is 565 g/mol. The van der Waals surface area contributed by atoms with Crippen LogP contribution < -0.4 is 10.6 Å². The molecule has 1 N–H and O–H groups in total. The fourth-order valence-electron chi connectivity index (χ4n) is 5.22. The standard InChI is InChI=1S/C30H34ClFN6O2/c1-6-23-25(36-10-12-37(13-11-36)30(2,3)4)16-20(18-33-23)27-28(39)21(17-26(32)34-27)19-7-8-24(22(31)15-19)38-14-9-35(5)29(38)40/h7-9,14-18,39H,6,10-13H2,1-5H3. The Morgan fingerprint density at radius 1 is 1.02 bits per heavy atom. The highest BCUT2D eigenvalue weighted by Crippen LogP contribution is 2.40. The molecule has 40 heavy (non-hydrogen) atoms. The Morgan fingerprint density at radius 2 is 1.75 bits per heavy atom. The van der Waals surface area contributed by atoms with Crippen LogP contribution in [0.5, 0.6) is 5.75 Å². The van der Waals surface area contributed by atoms with Gasteiger partial charge in [-0.2, -0.15) is 4.39 Å². The lowest BCUT2D eigenvalue weighted by Gasteiger charge is -2.43. The van der Waals surface area contributed by atoms with Gasteiger partial charge in [-0.1, -0.05) is 24.6 Å². The zero-order valence-electron chi connectivity index (χ0n) is 23.4. The molecule has 4 heterocycles. The second-order valence-electron chi connectivity index (χ2n) is 11.1. The van der Waals surface area contributed by atoms with E-state index in [1.165, 1.54) is 15.2 Å². The average Bonchev–Trinajstić information content (AvgIpc) is 3.26. The summed E-state index contributed by atoms with van der Waals surface area (Å²) in [5, 5.41) is 11.6. The van der Waals surface area contributed by atoms with Gasteiger partial charge in [0.1, 0.15) is 11.4 Å². The molecule has 0 radical (unpaired) electrons. The quantitative estimate of drug-likeness (QED) is 0.332. The minimum Gasteiger partial charge on any atom is -0.505 e. The topological polar surface area (TPSA) is 79.4 Å². The third-order valence-corrected chi connectivity index (χ3v) is 7.85. The van der Waals surface area contributed by atoms with E-state index in [0.717, 1.165) is 44.0 Å². The summed E-state index contributed by atoms with van der Waals surface area (Å²) in [6.07, 6.45) is 5.65. The molecule has 0 bridgehead atoms. The second kappa shape index (κ2) is 10.7. The predicted octanol–water partition coefficient (Wildman–Crippen LogP) is 5.28. The van der Waals surface area contributed by atoms with Crippen LogP contribution in [-0.2, 0) is 13.5 Å². The van der Waals surface area contributed by atoms with E-state index in [2.05, 4.69) is 47.5 Å². The van der Waals surface area contributed by atoms with Gasteiger partial charge in [-0.3, -0.25) is 14.5 Å². The maximum Gasteiger partial charge on any atom is 0.332 e. The number of aromatic nitrogens is 4. The predicted molar refractivity (Wildman–Crippen MR) is 157 cm³/mol. The smallest absolute Gasteiger partial charge is 0.332 e. The Labute approximate surface area is 238 Å². The summed E-state index contributed by atoms with van der Waals surface area (Å²) in [7, 11) is 1.65. The number of aryl methyl sites for hydroxylation is 2. The van der Waals surface area contributed by atoms with E-state index in [1.54, 1.807) is 43.8 Å². The van der Waals surface area contributed by atoms with Gasteiger partial charge in [0, 0.05) is 74.5 Å². The summed E-state index contributed by atoms with van der Waals surface area (Å²) in [4.78, 5) is 25.9. The minimum absolute atomic E-state index is 0.103. The van der Waals surface area contributed by atoms with Crippen molar-refractivity contribution in [3.05, 3.63) is 76.1 Å². The maximum absolute atomic E-state index is 14.9. The number of rotatable bonds is 5. The van der Waals surface area contributed by atoms with E-state index in [4.69, 9.17) is 11.6 Å². The molecule has 0 saturated carbocycles. The number of hydrogen-bond acceptors (Lipinski definition) is 6. The highest BCUT2D eigenvalue weighted by molar-refractivity contribution is 6.32. The number of pyridine rings is 2. The molecule has 0 spiro atoms. The van der Waals surface area contributed by atoms with E-state index in [-0.39, 0.29) is 33.3 Å². The number of benzene rings is 1. The summed E-state index contributed by atoms with van der Waals surface area (Å²) >= 11 is 6.54. The van der Waals surface area contributed by atoms with Crippen molar-refractivity contribution in [2.75, 3.05) is 31.1 Å². The highest BCUT2D eigenvalue weighted by Gasteiger charge is 2.27. The summed E-state index contributed by atoms with van der Waals surface area (Å²) in [6, 6.07) is 8.09. The number of hydrogen-bond donors (Lipinski definition) is 1. The fourth-order valence-corrected chi connectivity index (χ4v) is 5.49. The van der Waals surface area contributed by atoms with Crippen LogP contribution in [0.15, 0.2) is 53.7 Å². The first-order chi connectivity index (χ1) is 19.0. The van der Waals surface area contributed by atoms with Gasteiger partial charge in [-0.25, -0.2) is 9.78 Å². The molecule has 210 valence electrons. The third-order valence-electron chi connectivity index (χ3n) is 7.55. The van der Waals surface area contributed by atoms with Crippen LogP contribution >= 0.6 is 11.6 Å². The molecule has 10 heteroatoms. The summed E-state index contributed by atoms with van der Waals surface area (Å²) in [5.41, 5.74) is 3.65. The molecule has 1 saturated heterocycles. The normalized spacial score (nSPS) is 14.6. The van der Waals surface area contributed by atoms with Gasteiger partial charge in [0.25, 0.3) is 0 Å². The lowest BCUT2D eigenvalue weighted by atomic mass is 10.0. The molecule has 1 aliphatic rings. The fraction of sp³-hybridized carbons (Fsp3) is 0.367. The zero-order chi connectivity index (χ0) is 28.8. The van der Waals surface area contributed by atoms with Crippen LogP contribution in [0, 0.1) is 5.95 Å². The largest absolute Gasteiger partial charge is 0.505 e. The van der Waals surface area contributed by atoms with Gasteiger partial charge in [-0.15, -0.1) is 0 Å². The Hall–Kier alpha value is -3.69. The van der Waals surface area contributed by atoms with E-state index in [9.17, 15) is 14.3 Å². The van der Waals surface area contributed by atoms with Crippen molar-refractivity contribution in [2.24, 2.45) is 7.05 Å². The second-order valence-corrected chi connectivity index (χ2v) is 11.5. The molecule has 3 aromatic heterocycles. The number of aromatic hydroxyl groups is 1. The number of piperazine rings is 1. The van der Waals surface area contributed by atoms with Crippen molar-refractivity contribution in [3.63, 3.8) is 0 Å². The van der Waals surface area contributed by atoms with Crippen molar-refractivity contribution < 1.29 is 9.50 Å². The van der Waals surface area contributed by atoms with Gasteiger partial charge >= 0.3 is 5.69 Å². The van der Waals surface area contributed by atoms with Crippen molar-refractivity contribution in [1.82, 2.24) is 24.0 Å². The molecular formula is C30H34ClFN6O2. The highest BCUT2D eigenvalue weighted by atomic mass is 35.5.